The maximum atomic E-state index is 11.9. The molecule has 0 atom stereocenters. The first kappa shape index (κ1) is 19.2. The zero-order valence-electron chi connectivity index (χ0n) is 16.8. The molecular formula is C23H21N5O3. The highest BCUT2D eigenvalue weighted by Crippen LogP contribution is 2.40. The monoisotopic (exact) mass is 415 g/mol. The van der Waals surface area contributed by atoms with Crippen LogP contribution in [0.3, 0.4) is 0 Å². The van der Waals surface area contributed by atoms with Gasteiger partial charge >= 0.3 is 6.09 Å². The minimum Gasteiger partial charge on any atom is -0.410 e. The summed E-state index contributed by atoms with van der Waals surface area (Å²) in [6.45, 7) is 0.872. The van der Waals surface area contributed by atoms with E-state index >= 15 is 0 Å². The minimum atomic E-state index is -0.612. The van der Waals surface area contributed by atoms with Crippen LogP contribution in [0.4, 0.5) is 4.79 Å². The zero-order valence-corrected chi connectivity index (χ0v) is 16.8. The van der Waals surface area contributed by atoms with Gasteiger partial charge in [-0.05, 0) is 54.8 Å². The first-order valence-corrected chi connectivity index (χ1v) is 10.2. The van der Waals surface area contributed by atoms with Crippen LogP contribution in [0.5, 0.6) is 5.75 Å². The number of benzene rings is 1. The van der Waals surface area contributed by atoms with Crippen molar-refractivity contribution in [2.75, 3.05) is 13.2 Å². The molecule has 0 fully saturated rings. The van der Waals surface area contributed by atoms with Crippen LogP contribution in [0.1, 0.15) is 12.1 Å². The van der Waals surface area contributed by atoms with Gasteiger partial charge in [0.05, 0.1) is 17.8 Å². The summed E-state index contributed by atoms with van der Waals surface area (Å²) in [6, 6.07) is 13.1. The molecule has 0 bridgehead atoms. The number of aromatic nitrogens is 4. The number of amides is 1. The highest BCUT2D eigenvalue weighted by molar-refractivity contribution is 5.99. The third-order valence-corrected chi connectivity index (χ3v) is 5.32. The van der Waals surface area contributed by atoms with Gasteiger partial charge in [-0.1, -0.05) is 6.07 Å². The molecule has 5 rings (SSSR count). The number of rotatable bonds is 5. The zero-order chi connectivity index (χ0) is 21.2. The van der Waals surface area contributed by atoms with E-state index < -0.39 is 6.09 Å². The Hall–Kier alpha value is -3.78. The molecule has 156 valence electrons. The maximum absolute atomic E-state index is 11.9. The Bertz CT molecular complexity index is 1250. The van der Waals surface area contributed by atoms with E-state index in [2.05, 4.69) is 20.0 Å². The van der Waals surface area contributed by atoms with Gasteiger partial charge in [-0.3, -0.25) is 14.6 Å². The molecule has 4 aromatic rings. The number of aliphatic hydroxyl groups is 1. The van der Waals surface area contributed by atoms with Crippen LogP contribution in [0, 0.1) is 0 Å². The summed E-state index contributed by atoms with van der Waals surface area (Å²) in [5.41, 5.74) is 5.67. The number of hydrogen-bond donors (Lipinski definition) is 2. The van der Waals surface area contributed by atoms with Crippen molar-refractivity contribution in [3.63, 3.8) is 0 Å². The molecule has 0 aliphatic carbocycles. The van der Waals surface area contributed by atoms with E-state index in [9.17, 15) is 4.79 Å². The molecular weight excluding hydrogens is 394 g/mol. The quantitative estimate of drug-likeness (QED) is 0.519. The number of hydrogen-bond acceptors (Lipinski definition) is 6. The molecule has 0 spiro atoms. The van der Waals surface area contributed by atoms with Crippen molar-refractivity contribution >= 4 is 17.0 Å². The summed E-state index contributed by atoms with van der Waals surface area (Å²) in [5, 5.41) is 17.1. The lowest BCUT2D eigenvalue weighted by atomic mass is 9.96. The van der Waals surface area contributed by atoms with Gasteiger partial charge in [-0.15, -0.1) is 0 Å². The number of carbonyl (C=O) groups excluding carboxylic acids is 1. The molecule has 1 aliphatic heterocycles. The summed E-state index contributed by atoms with van der Waals surface area (Å²) in [6.07, 6.45) is 4.94. The van der Waals surface area contributed by atoms with Crippen molar-refractivity contribution in [2.24, 2.45) is 0 Å². The second-order valence-electron chi connectivity index (χ2n) is 7.29. The first-order valence-electron chi connectivity index (χ1n) is 10.2. The molecule has 2 N–H and O–H groups in total. The SMILES string of the molecule is O=C(NCCO)Oc1ccc2nccc(-c3c(-c4ccccn4)nn4c3CCC4)c2c1. The largest absolute Gasteiger partial charge is 0.412 e. The van der Waals surface area contributed by atoms with Crippen molar-refractivity contribution in [1.82, 2.24) is 25.1 Å². The Labute approximate surface area is 178 Å². The fraction of sp³-hybridized carbons (Fsp3) is 0.217. The maximum Gasteiger partial charge on any atom is 0.412 e. The number of carbonyl (C=O) groups is 1. The number of aryl methyl sites for hydroxylation is 1. The lowest BCUT2D eigenvalue weighted by Crippen LogP contribution is -2.29. The average molecular weight is 415 g/mol. The van der Waals surface area contributed by atoms with E-state index in [0.717, 1.165) is 52.8 Å². The Morgan fingerprint density at radius 2 is 2.10 bits per heavy atom. The van der Waals surface area contributed by atoms with Crippen molar-refractivity contribution in [3.8, 4) is 28.3 Å². The average Bonchev–Trinajstić information content (AvgIpc) is 3.39. The number of aliphatic hydroxyl groups excluding tert-OH is 1. The van der Waals surface area contributed by atoms with Crippen LogP contribution in [0.25, 0.3) is 33.4 Å². The molecule has 0 saturated heterocycles. The highest BCUT2D eigenvalue weighted by atomic mass is 16.6. The molecule has 8 nitrogen and oxygen atoms in total. The molecule has 4 heterocycles. The number of nitrogens with one attached hydrogen (secondary N) is 1. The van der Waals surface area contributed by atoms with Gasteiger partial charge in [0, 0.05) is 42.1 Å². The summed E-state index contributed by atoms with van der Waals surface area (Å²) in [4.78, 5) is 20.9. The molecule has 1 aromatic carbocycles. The van der Waals surface area contributed by atoms with Gasteiger partial charge in [0.1, 0.15) is 11.4 Å². The second kappa shape index (κ2) is 8.16. The first-order chi connectivity index (χ1) is 15.2. The topological polar surface area (TPSA) is 102 Å². The van der Waals surface area contributed by atoms with Gasteiger partial charge < -0.3 is 15.2 Å². The van der Waals surface area contributed by atoms with E-state index in [0.29, 0.717) is 5.75 Å². The molecule has 1 aliphatic rings. The van der Waals surface area contributed by atoms with Gasteiger partial charge in [0.25, 0.3) is 0 Å². The molecule has 1 amide bonds. The van der Waals surface area contributed by atoms with Crippen LogP contribution >= 0.6 is 0 Å². The van der Waals surface area contributed by atoms with Crippen molar-refractivity contribution in [3.05, 3.63) is 60.6 Å². The second-order valence-corrected chi connectivity index (χ2v) is 7.29. The molecule has 8 heteroatoms. The highest BCUT2D eigenvalue weighted by Gasteiger charge is 2.25. The standard InChI is InChI=1S/C23H21N5O3/c29-13-11-26-23(30)31-15-6-7-18-17(14-15)16(8-10-25-18)21-20-5-3-12-28(20)27-22(21)19-4-1-2-9-24-19/h1-2,4,6-10,14,29H,3,5,11-13H2,(H,26,30). The minimum absolute atomic E-state index is 0.134. The van der Waals surface area contributed by atoms with Crippen LogP contribution in [0.15, 0.2) is 54.9 Å². The lowest BCUT2D eigenvalue weighted by molar-refractivity contribution is 0.195. The van der Waals surface area contributed by atoms with Gasteiger partial charge in [0.15, 0.2) is 0 Å². The predicted octanol–water partition coefficient (Wildman–Crippen LogP) is 3.19. The summed E-state index contributed by atoms with van der Waals surface area (Å²) < 4.78 is 7.45. The molecule has 31 heavy (non-hydrogen) atoms. The summed E-state index contributed by atoms with van der Waals surface area (Å²) >= 11 is 0. The van der Waals surface area contributed by atoms with Crippen LogP contribution in [-0.4, -0.2) is 44.1 Å². The molecule has 0 unspecified atom stereocenters. The number of nitrogens with zero attached hydrogens (tertiary/aromatic N) is 4. The smallest absolute Gasteiger partial charge is 0.410 e. The summed E-state index contributed by atoms with van der Waals surface area (Å²) in [7, 11) is 0. The molecule has 0 radical (unpaired) electrons. The van der Waals surface area contributed by atoms with Crippen molar-refractivity contribution < 1.29 is 14.6 Å². The normalized spacial score (nSPS) is 12.7. The third-order valence-electron chi connectivity index (χ3n) is 5.32. The third kappa shape index (κ3) is 3.62. The molecule has 3 aromatic heterocycles. The fourth-order valence-corrected chi connectivity index (χ4v) is 4.01. The molecule has 0 saturated carbocycles. The fourth-order valence-electron chi connectivity index (χ4n) is 4.01. The number of ether oxygens (including phenoxy) is 1. The van der Waals surface area contributed by atoms with Crippen LogP contribution < -0.4 is 10.1 Å². The number of pyridine rings is 2. The van der Waals surface area contributed by atoms with E-state index in [1.807, 2.05) is 36.4 Å². The van der Waals surface area contributed by atoms with Gasteiger partial charge in [-0.25, -0.2) is 4.79 Å². The van der Waals surface area contributed by atoms with Gasteiger partial charge in [0.2, 0.25) is 0 Å². The van der Waals surface area contributed by atoms with Gasteiger partial charge in [-0.2, -0.15) is 5.10 Å². The summed E-state index contributed by atoms with van der Waals surface area (Å²) in [5.74, 6) is 0.403. The lowest BCUT2D eigenvalue weighted by Gasteiger charge is -2.11. The van der Waals surface area contributed by atoms with E-state index in [1.165, 1.54) is 5.69 Å². The van der Waals surface area contributed by atoms with Crippen LogP contribution in [0.2, 0.25) is 0 Å². The Balaban J connectivity index is 1.64. The number of fused-ring (bicyclic) bond motifs is 2. The van der Waals surface area contributed by atoms with E-state index in [4.69, 9.17) is 14.9 Å². The van der Waals surface area contributed by atoms with Crippen molar-refractivity contribution in [2.45, 2.75) is 19.4 Å². The van der Waals surface area contributed by atoms with E-state index in [1.54, 1.807) is 18.5 Å². The van der Waals surface area contributed by atoms with E-state index in [-0.39, 0.29) is 13.2 Å². The predicted molar refractivity (Wildman–Crippen MR) is 116 cm³/mol. The Morgan fingerprint density at radius 3 is 2.94 bits per heavy atom. The Kier molecular flexibility index (Phi) is 5.05. The Morgan fingerprint density at radius 1 is 1.16 bits per heavy atom. The van der Waals surface area contributed by atoms with Crippen LogP contribution in [-0.2, 0) is 13.0 Å². The van der Waals surface area contributed by atoms with Crippen molar-refractivity contribution in [1.29, 1.82) is 0 Å².